The van der Waals surface area contributed by atoms with Gasteiger partial charge in [-0.2, -0.15) is 0 Å². The minimum Gasteiger partial charge on any atom is -0.457 e. The Bertz CT molecular complexity index is 1160. The molecule has 0 fully saturated rings. The molecular weight excluding hydrogens is 384 g/mol. The summed E-state index contributed by atoms with van der Waals surface area (Å²) in [4.78, 5) is 29.8. The monoisotopic (exact) mass is 400 g/mol. The summed E-state index contributed by atoms with van der Waals surface area (Å²) < 4.78 is 17.7. The number of benzene rings is 1. The number of hydrogen-bond acceptors (Lipinski definition) is 6. The van der Waals surface area contributed by atoms with E-state index in [9.17, 15) is 9.59 Å². The molecule has 1 aliphatic rings. The molecule has 0 amide bonds. The normalized spacial score (nSPS) is 12.4. The van der Waals surface area contributed by atoms with E-state index in [2.05, 4.69) is 4.98 Å². The molecule has 144 valence electrons. The maximum absolute atomic E-state index is 12.8. The van der Waals surface area contributed by atoms with Gasteiger partial charge in [0.1, 0.15) is 17.8 Å². The summed E-state index contributed by atoms with van der Waals surface area (Å²) in [7, 11) is 0. The smallest absolute Gasteiger partial charge is 0.344 e. The van der Waals surface area contributed by atoms with E-state index in [-0.39, 0.29) is 19.0 Å². The van der Waals surface area contributed by atoms with E-state index < -0.39 is 11.4 Å². The number of esters is 1. The Labute approximate surface area is 165 Å². The third-order valence-corrected chi connectivity index (χ3v) is 4.76. The van der Waals surface area contributed by atoms with Crippen LogP contribution in [-0.4, -0.2) is 22.3 Å². The number of carbonyl (C=O) groups excluding carboxylic acids is 1. The lowest BCUT2D eigenvalue weighted by Gasteiger charge is -2.11. The number of halogens is 1. The average Bonchev–Trinajstić information content (AvgIpc) is 3.15. The topological polar surface area (TPSA) is 79.6 Å². The van der Waals surface area contributed by atoms with Crippen molar-refractivity contribution in [3.63, 3.8) is 0 Å². The molecule has 0 bridgehead atoms. The average molecular weight is 401 g/mol. The van der Waals surface area contributed by atoms with Gasteiger partial charge < -0.3 is 18.8 Å². The fourth-order valence-corrected chi connectivity index (χ4v) is 3.36. The molecule has 0 radical (unpaired) electrons. The zero-order valence-electron chi connectivity index (χ0n) is 15.3. The van der Waals surface area contributed by atoms with Gasteiger partial charge >= 0.3 is 5.97 Å². The van der Waals surface area contributed by atoms with Crippen LogP contribution in [0.4, 0.5) is 0 Å². The number of aryl methyl sites for hydroxylation is 2. The van der Waals surface area contributed by atoms with E-state index >= 15 is 0 Å². The molecule has 0 spiro atoms. The van der Waals surface area contributed by atoms with Crippen LogP contribution in [0.3, 0.4) is 0 Å². The highest BCUT2D eigenvalue weighted by atomic mass is 35.5. The first-order chi connectivity index (χ1) is 13.5. The van der Waals surface area contributed by atoms with Gasteiger partial charge in [-0.25, -0.2) is 9.78 Å². The van der Waals surface area contributed by atoms with Crippen molar-refractivity contribution in [2.24, 2.45) is 0 Å². The molecule has 0 saturated heterocycles. The molecule has 7 nitrogen and oxygen atoms in total. The van der Waals surface area contributed by atoms with Crippen LogP contribution in [0.5, 0.6) is 11.5 Å². The lowest BCUT2D eigenvalue weighted by atomic mass is 10.1. The zero-order valence-corrected chi connectivity index (χ0v) is 16.1. The van der Waals surface area contributed by atoms with Gasteiger partial charge in [-0.1, -0.05) is 11.6 Å². The molecule has 3 aromatic rings. The van der Waals surface area contributed by atoms with Crippen molar-refractivity contribution in [3.05, 3.63) is 62.5 Å². The van der Waals surface area contributed by atoms with Gasteiger partial charge in [0.25, 0.3) is 0 Å². The number of fused-ring (bicyclic) bond motifs is 2. The minimum absolute atomic E-state index is 0.0353. The van der Waals surface area contributed by atoms with Crippen molar-refractivity contribution >= 4 is 28.6 Å². The fourth-order valence-electron chi connectivity index (χ4n) is 3.08. The third-order valence-electron chi connectivity index (χ3n) is 4.48. The second-order valence-electron chi connectivity index (χ2n) is 6.37. The number of carbonyl (C=O) groups is 1. The quantitative estimate of drug-likeness (QED) is 0.624. The van der Waals surface area contributed by atoms with Gasteiger partial charge in [-0.05, 0) is 43.7 Å². The Kier molecular flexibility index (Phi) is 4.68. The second-order valence-corrected chi connectivity index (χ2v) is 6.78. The molecule has 0 saturated carbocycles. The van der Waals surface area contributed by atoms with Crippen molar-refractivity contribution in [1.82, 2.24) is 9.55 Å². The van der Waals surface area contributed by atoms with Gasteiger partial charge in [0, 0.05) is 18.4 Å². The van der Waals surface area contributed by atoms with E-state index in [0.29, 0.717) is 39.7 Å². The Morgan fingerprint density at radius 1 is 1.32 bits per heavy atom. The van der Waals surface area contributed by atoms with Gasteiger partial charge in [0.2, 0.25) is 12.2 Å². The van der Waals surface area contributed by atoms with Crippen LogP contribution in [0.2, 0.25) is 5.02 Å². The summed E-state index contributed by atoms with van der Waals surface area (Å²) in [6.45, 7) is 4.37. The van der Waals surface area contributed by atoms with Gasteiger partial charge in [-0.3, -0.25) is 4.79 Å². The van der Waals surface area contributed by atoms with Crippen molar-refractivity contribution in [3.8, 4) is 11.5 Å². The third kappa shape index (κ3) is 3.18. The molecule has 4 rings (SSSR count). The van der Waals surface area contributed by atoms with Crippen LogP contribution >= 0.6 is 11.6 Å². The van der Waals surface area contributed by atoms with E-state index in [0.717, 1.165) is 5.69 Å². The SMILES string of the molecule is CCn1cc(C(=O)OCc2cc(Cl)c3c(c2)OCO3)c(=O)c2ccc(C)nc21. The highest BCUT2D eigenvalue weighted by Gasteiger charge is 2.20. The van der Waals surface area contributed by atoms with Crippen LogP contribution in [0.1, 0.15) is 28.5 Å². The maximum atomic E-state index is 12.8. The van der Waals surface area contributed by atoms with Crippen molar-refractivity contribution < 1.29 is 19.0 Å². The van der Waals surface area contributed by atoms with Gasteiger partial charge in [0.05, 0.1) is 10.4 Å². The fraction of sp³-hybridized carbons (Fsp3) is 0.250. The maximum Gasteiger partial charge on any atom is 0.344 e. The first kappa shape index (κ1) is 18.3. The van der Waals surface area contributed by atoms with Crippen LogP contribution in [-0.2, 0) is 17.9 Å². The van der Waals surface area contributed by atoms with Crippen LogP contribution < -0.4 is 14.9 Å². The number of hydrogen-bond donors (Lipinski definition) is 0. The number of ether oxygens (including phenoxy) is 3. The number of nitrogens with zero attached hydrogens (tertiary/aromatic N) is 2. The number of pyridine rings is 2. The standard InChI is InChI=1S/C20H17ClN2O5/c1-3-23-8-14(17(24)13-5-4-11(2)22-19(13)23)20(25)26-9-12-6-15(21)18-16(7-12)27-10-28-18/h4-8H,3,9-10H2,1-2H3. The molecule has 0 unspecified atom stereocenters. The molecule has 2 aromatic heterocycles. The predicted octanol–water partition coefficient (Wildman–Crippen LogP) is 3.46. The van der Waals surface area contributed by atoms with Crippen molar-refractivity contribution in [2.75, 3.05) is 6.79 Å². The molecule has 3 heterocycles. The molecule has 1 aliphatic heterocycles. The highest BCUT2D eigenvalue weighted by Crippen LogP contribution is 2.39. The van der Waals surface area contributed by atoms with Crippen LogP contribution in [0.15, 0.2) is 35.3 Å². The van der Waals surface area contributed by atoms with Gasteiger partial charge in [0.15, 0.2) is 11.5 Å². The first-order valence-electron chi connectivity index (χ1n) is 8.74. The lowest BCUT2D eigenvalue weighted by molar-refractivity contribution is 0.0470. The molecule has 1 aromatic carbocycles. The van der Waals surface area contributed by atoms with E-state index in [1.807, 2.05) is 13.8 Å². The second kappa shape index (κ2) is 7.16. The minimum atomic E-state index is -0.705. The van der Waals surface area contributed by atoms with Crippen molar-refractivity contribution in [1.29, 1.82) is 0 Å². The summed E-state index contributed by atoms with van der Waals surface area (Å²) in [5.74, 6) is 0.266. The molecule has 0 N–H and O–H groups in total. The van der Waals surface area contributed by atoms with E-state index in [4.69, 9.17) is 25.8 Å². The summed E-state index contributed by atoms with van der Waals surface area (Å²) in [6, 6.07) is 6.76. The Balaban J connectivity index is 1.63. The molecular formula is C20H17ClN2O5. The molecule has 0 atom stereocenters. The van der Waals surface area contributed by atoms with Crippen LogP contribution in [0, 0.1) is 6.92 Å². The summed E-state index contributed by atoms with van der Waals surface area (Å²) >= 11 is 6.14. The molecule has 0 aliphatic carbocycles. The Hall–Kier alpha value is -3.06. The number of rotatable bonds is 4. The first-order valence-corrected chi connectivity index (χ1v) is 9.11. The number of aromatic nitrogens is 2. The van der Waals surface area contributed by atoms with E-state index in [1.165, 1.54) is 6.20 Å². The lowest BCUT2D eigenvalue weighted by Crippen LogP contribution is -2.21. The zero-order chi connectivity index (χ0) is 19.8. The van der Waals surface area contributed by atoms with Gasteiger partial charge in [-0.15, -0.1) is 0 Å². The Morgan fingerprint density at radius 3 is 2.93 bits per heavy atom. The highest BCUT2D eigenvalue weighted by molar-refractivity contribution is 6.32. The largest absolute Gasteiger partial charge is 0.457 e. The summed E-state index contributed by atoms with van der Waals surface area (Å²) in [6.07, 6.45) is 1.49. The Morgan fingerprint density at radius 2 is 2.14 bits per heavy atom. The van der Waals surface area contributed by atoms with E-state index in [1.54, 1.807) is 28.8 Å². The predicted molar refractivity (Wildman–Crippen MR) is 103 cm³/mol. The van der Waals surface area contributed by atoms with Crippen molar-refractivity contribution in [2.45, 2.75) is 27.0 Å². The summed E-state index contributed by atoms with van der Waals surface area (Å²) in [5.41, 5.74) is 1.54. The molecule has 28 heavy (non-hydrogen) atoms. The molecule has 8 heteroatoms. The van der Waals surface area contributed by atoms with Crippen LogP contribution in [0.25, 0.3) is 11.0 Å². The summed E-state index contributed by atoms with van der Waals surface area (Å²) in [5, 5.41) is 0.759.